The van der Waals surface area contributed by atoms with Gasteiger partial charge in [-0.1, -0.05) is 170 Å². The Balaban J connectivity index is 1.01. The van der Waals surface area contributed by atoms with E-state index in [-0.39, 0.29) is 0 Å². The molecule has 59 heavy (non-hydrogen) atoms. The van der Waals surface area contributed by atoms with Gasteiger partial charge in [-0.05, 0) is 85.3 Å². The molecule has 1 aliphatic heterocycles. The van der Waals surface area contributed by atoms with Crippen molar-refractivity contribution in [2.45, 2.75) is 5.41 Å². The van der Waals surface area contributed by atoms with Gasteiger partial charge in [0.2, 0.25) is 0 Å². The molecule has 10 aromatic rings. The highest BCUT2D eigenvalue weighted by Gasteiger charge is 2.47. The summed E-state index contributed by atoms with van der Waals surface area (Å²) in [5.41, 5.74) is 8.98. The zero-order chi connectivity index (χ0) is 38.9. The van der Waals surface area contributed by atoms with Gasteiger partial charge in [0, 0.05) is 11.1 Å². The fourth-order valence-electron chi connectivity index (χ4n) is 9.21. The lowest BCUT2D eigenvalue weighted by atomic mass is 9.67. The van der Waals surface area contributed by atoms with Crippen molar-refractivity contribution in [3.63, 3.8) is 0 Å². The van der Waals surface area contributed by atoms with Crippen LogP contribution in [0, 0.1) is 0 Å². The highest BCUT2D eigenvalue weighted by molar-refractivity contribution is 6.08. The van der Waals surface area contributed by atoms with Crippen molar-refractivity contribution in [1.29, 1.82) is 0 Å². The fourth-order valence-corrected chi connectivity index (χ4v) is 9.21. The van der Waals surface area contributed by atoms with Gasteiger partial charge in [-0.2, -0.15) is 0 Å². The fraction of sp³-hybridized carbons (Fsp3) is 0.0185. The number of hydrogen-bond acceptors (Lipinski definition) is 5. The van der Waals surface area contributed by atoms with E-state index in [1.54, 1.807) is 0 Å². The van der Waals surface area contributed by atoms with E-state index < -0.39 is 5.41 Å². The molecule has 0 atom stereocenters. The highest BCUT2D eigenvalue weighted by Crippen LogP contribution is 2.60. The van der Waals surface area contributed by atoms with E-state index in [2.05, 4.69) is 152 Å². The third-order valence-corrected chi connectivity index (χ3v) is 11.8. The smallest absolute Gasteiger partial charge is 0.181 e. The van der Waals surface area contributed by atoms with Crippen LogP contribution < -0.4 is 9.47 Å². The summed E-state index contributed by atoms with van der Waals surface area (Å²) >= 11 is 0. The van der Waals surface area contributed by atoms with Crippen LogP contribution in [0.2, 0.25) is 0 Å². The number of rotatable bonds is 5. The molecule has 5 heteroatoms. The molecule has 0 unspecified atom stereocenters. The molecule has 0 radical (unpaired) electrons. The summed E-state index contributed by atoms with van der Waals surface area (Å²) < 4.78 is 13.8. The van der Waals surface area contributed by atoms with E-state index in [1.807, 2.05) is 48.5 Å². The largest absolute Gasteiger partial charge is 0.449 e. The lowest BCUT2D eigenvalue weighted by molar-refractivity contribution is 0.360. The minimum atomic E-state index is -0.556. The van der Waals surface area contributed by atoms with Gasteiger partial charge < -0.3 is 9.47 Å². The van der Waals surface area contributed by atoms with Crippen LogP contribution in [0.4, 0.5) is 0 Å². The van der Waals surface area contributed by atoms with Crippen LogP contribution in [0.15, 0.2) is 200 Å². The van der Waals surface area contributed by atoms with Gasteiger partial charge in [0.15, 0.2) is 40.5 Å². The third-order valence-electron chi connectivity index (χ3n) is 11.8. The molecule has 1 aliphatic carbocycles. The Morgan fingerprint density at radius 1 is 0.339 bits per heavy atom. The van der Waals surface area contributed by atoms with E-state index >= 15 is 0 Å². The lowest BCUT2D eigenvalue weighted by Gasteiger charge is -2.34. The topological polar surface area (TPSA) is 57.1 Å². The Morgan fingerprint density at radius 2 is 0.949 bits per heavy atom. The summed E-state index contributed by atoms with van der Waals surface area (Å²) in [6, 6.07) is 69.7. The molecular weight excluding hydrogens is 723 g/mol. The zero-order valence-electron chi connectivity index (χ0n) is 31.7. The maximum atomic E-state index is 6.95. The number of nitrogens with zero attached hydrogens (tertiary/aromatic N) is 3. The summed E-state index contributed by atoms with van der Waals surface area (Å²) in [7, 11) is 0. The van der Waals surface area contributed by atoms with E-state index in [1.165, 1.54) is 38.4 Å². The second kappa shape index (κ2) is 13.1. The standard InChI is InChI=1S/C54H33N3O2/c1-4-16-35(17-5-1)51-55-52(37-29-30-41-36(31-37)28-27-34-15-10-11-22-40(34)41)57-53(56-51)43-24-14-26-47-50(43)59-48-32-44-42-23-12-13-25-45(42)54(38-18-6-2-7-19-38,39-20-8-3-9-21-39)46(44)33-49(48)58-47/h1-33H. The molecule has 0 saturated carbocycles. The first kappa shape index (κ1) is 33.3. The normalized spacial score (nSPS) is 13.2. The molecule has 2 heterocycles. The third kappa shape index (κ3) is 5.15. The van der Waals surface area contributed by atoms with Crippen molar-refractivity contribution in [1.82, 2.24) is 15.0 Å². The number of fused-ring (bicyclic) bond motifs is 8. The minimum absolute atomic E-state index is 0.495. The Morgan fingerprint density at radius 3 is 1.75 bits per heavy atom. The lowest BCUT2D eigenvalue weighted by Crippen LogP contribution is -2.28. The molecular formula is C54H33N3O2. The van der Waals surface area contributed by atoms with Gasteiger partial charge >= 0.3 is 0 Å². The molecule has 12 rings (SSSR count). The van der Waals surface area contributed by atoms with Gasteiger partial charge in [0.25, 0.3) is 0 Å². The van der Waals surface area contributed by atoms with Crippen molar-refractivity contribution in [2.24, 2.45) is 0 Å². The molecule has 0 spiro atoms. The Labute approximate surface area is 340 Å². The van der Waals surface area contributed by atoms with Crippen LogP contribution in [-0.2, 0) is 5.41 Å². The molecule has 0 amide bonds. The van der Waals surface area contributed by atoms with Crippen molar-refractivity contribution in [3.8, 4) is 68.3 Å². The highest BCUT2D eigenvalue weighted by atomic mass is 16.6. The van der Waals surface area contributed by atoms with Crippen molar-refractivity contribution in [3.05, 3.63) is 222 Å². The maximum absolute atomic E-state index is 6.95. The summed E-state index contributed by atoms with van der Waals surface area (Å²) in [5, 5.41) is 4.73. The summed E-state index contributed by atoms with van der Waals surface area (Å²) in [4.78, 5) is 15.3. The van der Waals surface area contributed by atoms with Crippen LogP contribution in [0.1, 0.15) is 22.3 Å². The number of para-hydroxylation sites is 1. The molecule has 5 nitrogen and oxygen atoms in total. The molecule has 0 saturated heterocycles. The van der Waals surface area contributed by atoms with Gasteiger partial charge in [-0.25, -0.2) is 15.0 Å². The Hall–Kier alpha value is -7.89. The van der Waals surface area contributed by atoms with E-state index in [4.69, 9.17) is 24.4 Å². The first-order valence-corrected chi connectivity index (χ1v) is 19.8. The predicted molar refractivity (Wildman–Crippen MR) is 235 cm³/mol. The molecule has 2 aliphatic rings. The van der Waals surface area contributed by atoms with Crippen molar-refractivity contribution in [2.75, 3.05) is 0 Å². The minimum Gasteiger partial charge on any atom is -0.449 e. The molecule has 0 bridgehead atoms. The first-order valence-electron chi connectivity index (χ1n) is 19.8. The first-order chi connectivity index (χ1) is 29.2. The van der Waals surface area contributed by atoms with Crippen LogP contribution in [-0.4, -0.2) is 15.0 Å². The SMILES string of the molecule is c1ccc(-c2nc(-c3ccc4c(ccc5ccccc54)c3)nc(-c3cccc4c3Oc3cc5c(cc3O4)C(c3ccccc3)(c3ccccc3)c3ccccc3-5)n2)cc1. The Kier molecular flexibility index (Phi) is 7.38. The molecule has 0 N–H and O–H groups in total. The maximum Gasteiger partial charge on any atom is 0.181 e. The number of ether oxygens (including phenoxy) is 2. The molecule has 9 aromatic carbocycles. The number of benzene rings is 9. The van der Waals surface area contributed by atoms with Gasteiger partial charge in [-0.3, -0.25) is 0 Å². The second-order valence-corrected chi connectivity index (χ2v) is 15.1. The summed E-state index contributed by atoms with van der Waals surface area (Å²) in [5.74, 6) is 4.09. The van der Waals surface area contributed by atoms with Crippen LogP contribution >= 0.6 is 0 Å². The van der Waals surface area contributed by atoms with Gasteiger partial charge in [0.1, 0.15) is 0 Å². The Bertz CT molecular complexity index is 3240. The summed E-state index contributed by atoms with van der Waals surface area (Å²) in [6.45, 7) is 0. The summed E-state index contributed by atoms with van der Waals surface area (Å²) in [6.07, 6.45) is 0. The van der Waals surface area contributed by atoms with Crippen molar-refractivity contribution >= 4 is 21.5 Å². The number of aromatic nitrogens is 3. The van der Waals surface area contributed by atoms with E-state index in [0.29, 0.717) is 46.0 Å². The van der Waals surface area contributed by atoms with E-state index in [0.717, 1.165) is 27.6 Å². The second-order valence-electron chi connectivity index (χ2n) is 15.1. The van der Waals surface area contributed by atoms with Crippen molar-refractivity contribution < 1.29 is 9.47 Å². The average Bonchev–Trinajstić information content (AvgIpc) is 3.60. The monoisotopic (exact) mass is 755 g/mol. The van der Waals surface area contributed by atoms with Crippen LogP contribution in [0.3, 0.4) is 0 Å². The van der Waals surface area contributed by atoms with E-state index in [9.17, 15) is 0 Å². The van der Waals surface area contributed by atoms with Gasteiger partial charge in [0.05, 0.1) is 11.0 Å². The molecule has 276 valence electrons. The number of hydrogen-bond donors (Lipinski definition) is 0. The van der Waals surface area contributed by atoms with Crippen LogP contribution in [0.25, 0.3) is 66.8 Å². The molecule has 1 aromatic heterocycles. The zero-order valence-corrected chi connectivity index (χ0v) is 31.7. The van der Waals surface area contributed by atoms with Crippen LogP contribution in [0.5, 0.6) is 23.0 Å². The van der Waals surface area contributed by atoms with Gasteiger partial charge in [-0.15, -0.1) is 0 Å². The predicted octanol–water partition coefficient (Wildman–Crippen LogP) is 13.4. The quantitative estimate of drug-likeness (QED) is 0.164. The average molecular weight is 756 g/mol. The molecule has 0 fully saturated rings.